The summed E-state index contributed by atoms with van der Waals surface area (Å²) in [6.07, 6.45) is -6.49. The van der Waals surface area contributed by atoms with Crippen molar-refractivity contribution in [3.05, 3.63) is 0 Å². The Morgan fingerprint density at radius 3 is 1.62 bits per heavy atom. The third kappa shape index (κ3) is 6.94. The van der Waals surface area contributed by atoms with Crippen LogP contribution in [-0.2, 0) is 43.0 Å². The van der Waals surface area contributed by atoms with Gasteiger partial charge in [-0.25, -0.2) is 14.4 Å². The van der Waals surface area contributed by atoms with E-state index in [2.05, 4.69) is 9.47 Å². The molecule has 0 aliphatic rings. The third-order valence-corrected chi connectivity index (χ3v) is 2.72. The van der Waals surface area contributed by atoms with Gasteiger partial charge in [-0.3, -0.25) is 19.2 Å². The first-order valence-electron chi connectivity index (χ1n) is 6.64. The van der Waals surface area contributed by atoms with Crippen LogP contribution in [0, 0.1) is 0 Å². The van der Waals surface area contributed by atoms with Gasteiger partial charge in [0.1, 0.15) is 0 Å². The number of ketones is 1. The molecule has 13 heteroatoms. The lowest BCUT2D eigenvalue weighted by molar-refractivity contribution is -0.195. The molecule has 144 valence electrons. The highest BCUT2D eigenvalue weighted by Gasteiger charge is 2.48. The van der Waals surface area contributed by atoms with Crippen molar-refractivity contribution >= 4 is 41.6 Å². The zero-order valence-corrected chi connectivity index (χ0v) is 13.2. The van der Waals surface area contributed by atoms with Gasteiger partial charge >= 0.3 is 35.8 Å². The summed E-state index contributed by atoms with van der Waals surface area (Å²) in [5.41, 5.74) is -3.09. The Balaban J connectivity index is 5.74. The van der Waals surface area contributed by atoms with Crippen molar-refractivity contribution in [1.29, 1.82) is 0 Å². The summed E-state index contributed by atoms with van der Waals surface area (Å²) in [4.78, 5) is 77.8. The second-order valence-electron chi connectivity index (χ2n) is 4.91. The van der Waals surface area contributed by atoms with Gasteiger partial charge in [0, 0.05) is 6.92 Å². The van der Waals surface area contributed by atoms with Crippen LogP contribution in [0.2, 0.25) is 0 Å². The smallest absolute Gasteiger partial charge is 0.375 e. The molecule has 0 aliphatic carbocycles. The summed E-state index contributed by atoms with van der Waals surface area (Å²) in [5, 5.41) is 35.3. The molecule has 0 saturated carbocycles. The van der Waals surface area contributed by atoms with Crippen molar-refractivity contribution in [1.82, 2.24) is 0 Å². The number of esters is 2. The van der Waals surface area contributed by atoms with Crippen molar-refractivity contribution in [3.63, 3.8) is 0 Å². The van der Waals surface area contributed by atoms with E-state index in [9.17, 15) is 33.6 Å². The highest BCUT2D eigenvalue weighted by molar-refractivity contribution is 6.32. The number of hydrogen-bond acceptors (Lipinski definition) is 9. The predicted molar refractivity (Wildman–Crippen MR) is 73.8 cm³/mol. The lowest BCUT2D eigenvalue weighted by Crippen LogP contribution is -2.49. The molecule has 1 atom stereocenters. The standard InChI is InChI=1S/C13H14O13/c1-5(14)10(21)25-6(2-7(15)16)11(22)26-13(12(23)24,3-8(17)18)4-9(19)20/h6H,2-4H2,1H3,(H,15,16)(H,17,18)(H,19,20)(H,23,24). The number of carbonyl (C=O) groups excluding carboxylic acids is 3. The predicted octanol–water partition coefficient (Wildman–Crippen LogP) is -1.72. The van der Waals surface area contributed by atoms with Crippen LogP contribution in [0.25, 0.3) is 0 Å². The quantitative estimate of drug-likeness (QED) is 0.232. The highest BCUT2D eigenvalue weighted by Crippen LogP contribution is 2.24. The summed E-state index contributed by atoms with van der Waals surface area (Å²) >= 11 is 0. The number of rotatable bonds is 11. The lowest BCUT2D eigenvalue weighted by atomic mass is 9.95. The minimum atomic E-state index is -3.09. The largest absolute Gasteiger partial charge is 0.481 e. The molecular weight excluding hydrogens is 364 g/mol. The maximum absolute atomic E-state index is 12.0. The molecule has 26 heavy (non-hydrogen) atoms. The molecule has 0 aliphatic heterocycles. The van der Waals surface area contributed by atoms with Gasteiger partial charge in [0.25, 0.3) is 0 Å². The molecule has 1 unspecified atom stereocenters. The molecule has 0 radical (unpaired) electrons. The molecule has 4 N–H and O–H groups in total. The second kappa shape index (κ2) is 9.10. The normalized spacial score (nSPS) is 11.7. The Kier molecular flexibility index (Phi) is 7.87. The van der Waals surface area contributed by atoms with Crippen molar-refractivity contribution < 1.29 is 63.5 Å². The van der Waals surface area contributed by atoms with Crippen LogP contribution in [0.1, 0.15) is 26.2 Å². The minimum Gasteiger partial charge on any atom is -0.481 e. The SMILES string of the molecule is CC(=O)C(=O)OC(CC(=O)O)C(=O)OC(CC(=O)O)(CC(=O)O)C(=O)O. The average Bonchev–Trinajstić information content (AvgIpc) is 2.43. The number of carboxylic acid groups (broad SMARTS) is 4. The van der Waals surface area contributed by atoms with Crippen molar-refractivity contribution in [2.24, 2.45) is 0 Å². The van der Waals surface area contributed by atoms with Crippen LogP contribution in [0.5, 0.6) is 0 Å². The Morgan fingerprint density at radius 2 is 1.31 bits per heavy atom. The van der Waals surface area contributed by atoms with Crippen molar-refractivity contribution in [3.8, 4) is 0 Å². The van der Waals surface area contributed by atoms with E-state index in [1.54, 1.807) is 0 Å². The zero-order chi connectivity index (χ0) is 20.7. The summed E-state index contributed by atoms with van der Waals surface area (Å²) in [6, 6.07) is 0. The van der Waals surface area contributed by atoms with Crippen LogP contribution in [-0.4, -0.2) is 73.7 Å². The van der Waals surface area contributed by atoms with Gasteiger partial charge in [0.2, 0.25) is 17.5 Å². The van der Waals surface area contributed by atoms with Crippen molar-refractivity contribution in [2.45, 2.75) is 37.9 Å². The van der Waals surface area contributed by atoms with E-state index >= 15 is 0 Å². The van der Waals surface area contributed by atoms with E-state index in [0.29, 0.717) is 0 Å². The first-order chi connectivity index (χ1) is 11.8. The van der Waals surface area contributed by atoms with Crippen LogP contribution in [0.3, 0.4) is 0 Å². The number of carboxylic acids is 4. The first-order valence-corrected chi connectivity index (χ1v) is 6.64. The van der Waals surface area contributed by atoms with Crippen LogP contribution in [0.15, 0.2) is 0 Å². The highest BCUT2D eigenvalue weighted by atomic mass is 16.6. The minimum absolute atomic E-state index is 0.738. The van der Waals surface area contributed by atoms with Gasteiger partial charge in [0.05, 0.1) is 19.3 Å². The van der Waals surface area contributed by atoms with Gasteiger partial charge in [0.15, 0.2) is 0 Å². The van der Waals surface area contributed by atoms with E-state index in [1.807, 2.05) is 0 Å². The van der Waals surface area contributed by atoms with E-state index < -0.39 is 72.6 Å². The molecule has 0 fully saturated rings. The number of Topliss-reactive ketones (excluding diaryl/α,β-unsaturated/α-hetero) is 1. The van der Waals surface area contributed by atoms with Gasteiger partial charge in [-0.05, 0) is 0 Å². The Bertz CT molecular complexity index is 630. The fraction of sp³-hybridized carbons (Fsp3) is 0.462. The molecular formula is C13H14O13. The molecule has 0 aromatic heterocycles. The maximum atomic E-state index is 12.0. The summed E-state index contributed by atoms with van der Waals surface area (Å²) in [5.74, 6) is -12.2. The molecule has 0 heterocycles. The summed E-state index contributed by atoms with van der Waals surface area (Å²) in [7, 11) is 0. The fourth-order valence-electron chi connectivity index (χ4n) is 1.62. The topological polar surface area (TPSA) is 219 Å². The number of ether oxygens (including phenoxy) is 2. The van der Waals surface area contributed by atoms with E-state index in [0.717, 1.165) is 6.92 Å². The molecule has 0 spiro atoms. The maximum Gasteiger partial charge on any atom is 0.375 e. The van der Waals surface area contributed by atoms with Gasteiger partial charge < -0.3 is 29.9 Å². The number of hydrogen-bond donors (Lipinski definition) is 4. The van der Waals surface area contributed by atoms with Gasteiger partial charge in [-0.1, -0.05) is 0 Å². The monoisotopic (exact) mass is 378 g/mol. The zero-order valence-electron chi connectivity index (χ0n) is 13.2. The average molecular weight is 378 g/mol. The molecule has 13 nitrogen and oxygen atoms in total. The summed E-state index contributed by atoms with van der Waals surface area (Å²) in [6.45, 7) is 0.738. The van der Waals surface area contributed by atoms with Gasteiger partial charge in [-0.15, -0.1) is 0 Å². The number of carbonyl (C=O) groups is 7. The Hall–Kier alpha value is -3.51. The molecule has 0 aromatic rings. The fourth-order valence-corrected chi connectivity index (χ4v) is 1.62. The molecule has 0 amide bonds. The first kappa shape index (κ1) is 22.5. The van der Waals surface area contributed by atoms with Crippen molar-refractivity contribution in [2.75, 3.05) is 0 Å². The van der Waals surface area contributed by atoms with E-state index in [-0.39, 0.29) is 0 Å². The van der Waals surface area contributed by atoms with Crippen LogP contribution < -0.4 is 0 Å². The van der Waals surface area contributed by atoms with Crippen LogP contribution in [0.4, 0.5) is 0 Å². The lowest BCUT2D eigenvalue weighted by Gasteiger charge is -2.27. The molecule has 0 aromatic carbocycles. The number of aliphatic carboxylic acids is 4. The van der Waals surface area contributed by atoms with Crippen LogP contribution >= 0.6 is 0 Å². The second-order valence-corrected chi connectivity index (χ2v) is 4.91. The Labute approximate surface area is 144 Å². The molecule has 0 bridgehead atoms. The third-order valence-electron chi connectivity index (χ3n) is 2.72. The summed E-state index contributed by atoms with van der Waals surface area (Å²) < 4.78 is 8.70. The van der Waals surface area contributed by atoms with E-state index in [4.69, 9.17) is 20.4 Å². The van der Waals surface area contributed by atoms with Gasteiger partial charge in [-0.2, -0.15) is 0 Å². The molecule has 0 rings (SSSR count). The molecule has 0 saturated heterocycles. The van der Waals surface area contributed by atoms with E-state index in [1.165, 1.54) is 0 Å². The Morgan fingerprint density at radius 1 is 0.846 bits per heavy atom.